The first-order chi connectivity index (χ1) is 12.1. The summed E-state index contributed by atoms with van der Waals surface area (Å²) in [5.41, 5.74) is -2.49. The van der Waals surface area contributed by atoms with Gasteiger partial charge >= 0.3 is 12.4 Å². The van der Waals surface area contributed by atoms with Gasteiger partial charge in [0.05, 0.1) is 11.1 Å². The summed E-state index contributed by atoms with van der Waals surface area (Å²) in [4.78, 5) is 1.95. The highest BCUT2D eigenvalue weighted by atomic mass is 35.5. The Balaban J connectivity index is 0.00000364. The summed E-state index contributed by atoms with van der Waals surface area (Å²) in [5.74, 6) is 0. The summed E-state index contributed by atoms with van der Waals surface area (Å²) in [6.45, 7) is 4.47. The number of alkyl halides is 6. The highest BCUT2D eigenvalue weighted by molar-refractivity contribution is 5.85. The minimum atomic E-state index is -4.83. The molecule has 0 unspecified atom stereocenters. The van der Waals surface area contributed by atoms with Crippen molar-refractivity contribution < 1.29 is 26.3 Å². The molecule has 0 aromatic heterocycles. The van der Waals surface area contributed by atoms with Crippen LogP contribution in [0.2, 0.25) is 0 Å². The Morgan fingerprint density at radius 2 is 1.57 bits per heavy atom. The second-order valence-electron chi connectivity index (χ2n) is 6.60. The van der Waals surface area contributed by atoms with Crippen molar-refractivity contribution in [1.29, 1.82) is 0 Å². The Labute approximate surface area is 173 Å². The first-order valence-electron chi connectivity index (χ1n) is 8.87. The fourth-order valence-corrected chi connectivity index (χ4v) is 3.38. The molecule has 0 saturated carbocycles. The summed E-state index contributed by atoms with van der Waals surface area (Å²) in [5, 5.41) is 3.15. The van der Waals surface area contributed by atoms with Crippen LogP contribution in [0.25, 0.3) is 0 Å². The largest absolute Gasteiger partial charge is 0.416 e. The van der Waals surface area contributed by atoms with Crippen LogP contribution in [0.3, 0.4) is 0 Å². The summed E-state index contributed by atoms with van der Waals surface area (Å²) in [7, 11) is 0. The van der Waals surface area contributed by atoms with Crippen LogP contribution in [-0.4, -0.2) is 31.1 Å². The van der Waals surface area contributed by atoms with Gasteiger partial charge in [0.1, 0.15) is 0 Å². The fourth-order valence-electron chi connectivity index (χ4n) is 3.38. The number of nitrogens with zero attached hydrogens (tertiary/aromatic N) is 1. The molecule has 1 aliphatic heterocycles. The van der Waals surface area contributed by atoms with E-state index in [1.807, 2.05) is 11.8 Å². The van der Waals surface area contributed by atoms with Crippen molar-refractivity contribution in [2.75, 3.05) is 26.2 Å². The standard InChI is InChI=1S/C18H24F6N2.2ClH/c1-2-3-4-5-16(26-10-8-25-9-11-26)14-7-6-13(17(19,20)21)12-15(14)18(22,23)24;;/h6-7,12,16,25H,2-5,8-11H2,1H3;2*1H/t16-;;/m0../s1. The zero-order chi connectivity index (χ0) is 19.4. The number of halogens is 8. The van der Waals surface area contributed by atoms with Crippen LogP contribution >= 0.6 is 24.8 Å². The average molecular weight is 455 g/mol. The maximum absolute atomic E-state index is 13.5. The smallest absolute Gasteiger partial charge is 0.314 e. The van der Waals surface area contributed by atoms with E-state index in [0.717, 1.165) is 31.4 Å². The van der Waals surface area contributed by atoms with Crippen molar-refractivity contribution in [1.82, 2.24) is 10.2 Å². The molecule has 28 heavy (non-hydrogen) atoms. The molecule has 0 aliphatic carbocycles. The number of hydrogen-bond acceptors (Lipinski definition) is 2. The molecule has 2 nitrogen and oxygen atoms in total. The van der Waals surface area contributed by atoms with Crippen LogP contribution in [-0.2, 0) is 12.4 Å². The van der Waals surface area contributed by atoms with Crippen LogP contribution in [0, 0.1) is 0 Å². The molecule has 1 aromatic carbocycles. The fraction of sp³-hybridized carbons (Fsp3) is 0.667. The highest BCUT2D eigenvalue weighted by Gasteiger charge is 2.40. The highest BCUT2D eigenvalue weighted by Crippen LogP contribution is 2.41. The van der Waals surface area contributed by atoms with Crippen LogP contribution in [0.1, 0.15) is 55.3 Å². The summed E-state index contributed by atoms with van der Waals surface area (Å²) in [6, 6.07) is 1.51. The first kappa shape index (κ1) is 27.3. The Morgan fingerprint density at radius 1 is 0.964 bits per heavy atom. The zero-order valence-electron chi connectivity index (χ0n) is 15.5. The van der Waals surface area contributed by atoms with Gasteiger partial charge in [-0.15, -0.1) is 24.8 Å². The number of piperazine rings is 1. The normalized spacial score (nSPS) is 16.8. The molecule has 2 rings (SSSR count). The number of hydrogen-bond donors (Lipinski definition) is 1. The lowest BCUT2D eigenvalue weighted by Gasteiger charge is -2.36. The third-order valence-corrected chi connectivity index (χ3v) is 4.72. The topological polar surface area (TPSA) is 15.3 Å². The Kier molecular flexibility index (Phi) is 11.2. The second kappa shape index (κ2) is 11.5. The van der Waals surface area contributed by atoms with Crippen molar-refractivity contribution in [3.05, 3.63) is 34.9 Å². The molecule has 1 fully saturated rings. The molecule has 10 heteroatoms. The lowest BCUT2D eigenvalue weighted by atomic mass is 9.92. The third kappa shape index (κ3) is 7.28. The van der Waals surface area contributed by atoms with E-state index in [2.05, 4.69) is 5.32 Å². The van der Waals surface area contributed by atoms with Gasteiger partial charge in [-0.05, 0) is 24.1 Å². The summed E-state index contributed by atoms with van der Waals surface area (Å²) < 4.78 is 79.3. The average Bonchev–Trinajstić information content (AvgIpc) is 2.57. The number of rotatable bonds is 6. The van der Waals surface area contributed by atoms with E-state index >= 15 is 0 Å². The van der Waals surface area contributed by atoms with Crippen LogP contribution < -0.4 is 5.32 Å². The minimum absolute atomic E-state index is 0. The summed E-state index contributed by atoms with van der Waals surface area (Å²) in [6.07, 6.45) is -6.58. The number of unbranched alkanes of at least 4 members (excludes halogenated alkanes) is 2. The molecule has 0 spiro atoms. The van der Waals surface area contributed by atoms with Crippen LogP contribution in [0.15, 0.2) is 18.2 Å². The number of benzene rings is 1. The Hall–Kier alpha value is -0.700. The number of nitrogens with one attached hydrogen (secondary N) is 1. The van der Waals surface area contributed by atoms with E-state index in [1.54, 1.807) is 0 Å². The predicted octanol–water partition coefficient (Wildman–Crippen LogP) is 6.09. The van der Waals surface area contributed by atoms with E-state index in [0.29, 0.717) is 32.6 Å². The minimum Gasteiger partial charge on any atom is -0.314 e. The molecular weight excluding hydrogens is 429 g/mol. The molecule has 1 atom stereocenters. The van der Waals surface area contributed by atoms with Crippen molar-refractivity contribution in [3.63, 3.8) is 0 Å². The van der Waals surface area contributed by atoms with Crippen LogP contribution in [0.4, 0.5) is 26.3 Å². The maximum Gasteiger partial charge on any atom is 0.416 e. The predicted molar refractivity (Wildman–Crippen MR) is 102 cm³/mol. The SMILES string of the molecule is CCCCC[C@@H](c1ccc(C(F)(F)F)cc1C(F)(F)F)N1CCNCC1.Cl.Cl. The lowest BCUT2D eigenvalue weighted by Crippen LogP contribution is -2.45. The van der Waals surface area contributed by atoms with E-state index in [-0.39, 0.29) is 36.4 Å². The van der Waals surface area contributed by atoms with Crippen molar-refractivity contribution in [2.24, 2.45) is 0 Å². The first-order valence-corrected chi connectivity index (χ1v) is 8.87. The Morgan fingerprint density at radius 3 is 2.07 bits per heavy atom. The second-order valence-corrected chi connectivity index (χ2v) is 6.60. The van der Waals surface area contributed by atoms with E-state index in [9.17, 15) is 26.3 Å². The lowest BCUT2D eigenvalue weighted by molar-refractivity contribution is -0.143. The Bertz CT molecular complexity index is 586. The molecule has 1 saturated heterocycles. The summed E-state index contributed by atoms with van der Waals surface area (Å²) >= 11 is 0. The van der Waals surface area contributed by atoms with Crippen molar-refractivity contribution in [3.8, 4) is 0 Å². The van der Waals surface area contributed by atoms with Gasteiger partial charge in [-0.2, -0.15) is 26.3 Å². The molecular formula is C18H26Cl2F6N2. The van der Waals surface area contributed by atoms with Gasteiger partial charge in [0.2, 0.25) is 0 Å². The molecule has 0 bridgehead atoms. The van der Waals surface area contributed by atoms with Gasteiger partial charge in [0.15, 0.2) is 0 Å². The van der Waals surface area contributed by atoms with Gasteiger partial charge in [-0.3, -0.25) is 4.90 Å². The van der Waals surface area contributed by atoms with Gasteiger partial charge in [-0.25, -0.2) is 0 Å². The van der Waals surface area contributed by atoms with E-state index in [4.69, 9.17) is 0 Å². The van der Waals surface area contributed by atoms with E-state index in [1.165, 1.54) is 0 Å². The van der Waals surface area contributed by atoms with Gasteiger partial charge < -0.3 is 5.32 Å². The molecule has 1 heterocycles. The quantitative estimate of drug-likeness (QED) is 0.412. The van der Waals surface area contributed by atoms with Gasteiger partial charge in [0, 0.05) is 32.2 Å². The van der Waals surface area contributed by atoms with Crippen LogP contribution in [0.5, 0.6) is 0 Å². The molecule has 0 amide bonds. The van der Waals surface area contributed by atoms with Crippen molar-refractivity contribution >= 4 is 24.8 Å². The van der Waals surface area contributed by atoms with Crippen molar-refractivity contribution in [2.45, 2.75) is 51.0 Å². The zero-order valence-corrected chi connectivity index (χ0v) is 17.1. The van der Waals surface area contributed by atoms with Gasteiger partial charge in [0.25, 0.3) is 0 Å². The molecule has 164 valence electrons. The maximum atomic E-state index is 13.5. The molecule has 1 aromatic rings. The van der Waals surface area contributed by atoms with Gasteiger partial charge in [-0.1, -0.05) is 32.3 Å². The molecule has 1 aliphatic rings. The van der Waals surface area contributed by atoms with E-state index < -0.39 is 29.5 Å². The monoisotopic (exact) mass is 454 g/mol. The molecule has 1 N–H and O–H groups in total. The third-order valence-electron chi connectivity index (χ3n) is 4.72. The molecule has 0 radical (unpaired) electrons.